The van der Waals surface area contributed by atoms with E-state index >= 15 is 0 Å². The molecule has 4 aromatic rings. The number of likely N-dealkylation sites (tertiary alicyclic amines) is 1. The second-order valence-electron chi connectivity index (χ2n) is 12.9. The van der Waals surface area contributed by atoms with Gasteiger partial charge in [-0.1, -0.05) is 36.4 Å². The molecular formula is C37H36N6O4S. The van der Waals surface area contributed by atoms with Crippen molar-refractivity contribution in [3.8, 4) is 17.6 Å². The van der Waals surface area contributed by atoms with Crippen molar-refractivity contribution in [3.05, 3.63) is 94.6 Å². The number of carbonyl (C=O) groups excluding carboxylic acids is 3. The lowest BCUT2D eigenvalue weighted by atomic mass is 9.70. The number of hydrogen-bond acceptors (Lipinski definition) is 9. The molecule has 3 aromatic carbocycles. The van der Waals surface area contributed by atoms with Crippen LogP contribution in [0.1, 0.15) is 54.0 Å². The third-order valence-electron chi connectivity index (χ3n) is 9.68. The molecule has 0 bridgehead atoms. The van der Waals surface area contributed by atoms with Crippen LogP contribution in [0.5, 0.6) is 11.5 Å². The zero-order valence-electron chi connectivity index (χ0n) is 26.5. The van der Waals surface area contributed by atoms with Crippen LogP contribution in [0.4, 0.5) is 10.7 Å². The SMILES string of the molecule is Cc1cc(Oc2ccccc2)ccc1C1(N)C(=O)C(N)c2c(NC(=O)C3CCN(C(=O)/C(C#N)=C/C4CC4)CC3)sc3c(N)ccc1c23. The number of anilines is 2. The first-order chi connectivity index (χ1) is 23.1. The van der Waals surface area contributed by atoms with Gasteiger partial charge in [-0.05, 0) is 85.5 Å². The van der Waals surface area contributed by atoms with E-state index in [0.29, 0.717) is 80.8 Å². The van der Waals surface area contributed by atoms with E-state index in [1.54, 1.807) is 35.2 Å². The van der Waals surface area contributed by atoms with E-state index in [1.165, 1.54) is 11.3 Å². The number of aryl methyl sites for hydroxylation is 1. The summed E-state index contributed by atoms with van der Waals surface area (Å²) in [5.74, 6) is 0.373. The summed E-state index contributed by atoms with van der Waals surface area (Å²) in [6.45, 7) is 2.63. The maximum atomic E-state index is 14.3. The van der Waals surface area contributed by atoms with E-state index in [1.807, 2.05) is 49.4 Å². The Morgan fingerprint density at radius 1 is 1.04 bits per heavy atom. The average Bonchev–Trinajstić information content (AvgIpc) is 3.84. The van der Waals surface area contributed by atoms with E-state index in [-0.39, 0.29) is 23.3 Å². The second kappa shape index (κ2) is 12.2. The summed E-state index contributed by atoms with van der Waals surface area (Å²) < 4.78 is 6.71. The highest BCUT2D eigenvalue weighted by atomic mass is 32.1. The van der Waals surface area contributed by atoms with E-state index in [9.17, 15) is 19.6 Å². The molecule has 48 heavy (non-hydrogen) atoms. The normalized spacial score (nSPS) is 21.2. The van der Waals surface area contributed by atoms with E-state index < -0.39 is 17.4 Å². The van der Waals surface area contributed by atoms with E-state index in [0.717, 1.165) is 18.4 Å². The van der Waals surface area contributed by atoms with Crippen LogP contribution >= 0.6 is 11.3 Å². The molecule has 1 aliphatic heterocycles. The molecule has 2 aliphatic carbocycles. The number of nitrogen functional groups attached to an aromatic ring is 1. The number of rotatable bonds is 7. The molecule has 7 N–H and O–H groups in total. The molecular weight excluding hydrogens is 625 g/mol. The maximum absolute atomic E-state index is 14.3. The Morgan fingerprint density at radius 3 is 2.42 bits per heavy atom. The van der Waals surface area contributed by atoms with Crippen molar-refractivity contribution in [2.24, 2.45) is 23.3 Å². The summed E-state index contributed by atoms with van der Waals surface area (Å²) >= 11 is 1.28. The molecule has 7 rings (SSSR count). The Bertz CT molecular complexity index is 2040. The summed E-state index contributed by atoms with van der Waals surface area (Å²) in [5.41, 5.74) is 21.8. The number of nitrogens with one attached hydrogen (secondary N) is 1. The highest BCUT2D eigenvalue weighted by Crippen LogP contribution is 2.52. The number of ketones is 1. The first kappa shape index (κ1) is 31.6. The van der Waals surface area contributed by atoms with Gasteiger partial charge in [0, 0.05) is 35.6 Å². The van der Waals surface area contributed by atoms with Crippen LogP contribution in [0.2, 0.25) is 0 Å². The fourth-order valence-corrected chi connectivity index (χ4v) is 8.11. The summed E-state index contributed by atoms with van der Waals surface area (Å²) in [5, 5.41) is 13.7. The van der Waals surface area contributed by atoms with Crippen molar-refractivity contribution < 1.29 is 19.1 Å². The fourth-order valence-electron chi connectivity index (χ4n) is 6.90. The van der Waals surface area contributed by atoms with Crippen LogP contribution in [0, 0.1) is 30.1 Å². The van der Waals surface area contributed by atoms with Crippen molar-refractivity contribution in [2.45, 2.75) is 44.2 Å². The first-order valence-electron chi connectivity index (χ1n) is 16.1. The molecule has 2 atom stereocenters. The lowest BCUT2D eigenvalue weighted by molar-refractivity contribution is -0.130. The maximum Gasteiger partial charge on any atom is 0.264 e. The topological polar surface area (TPSA) is 178 Å². The molecule has 3 aliphatic rings. The molecule has 2 heterocycles. The lowest BCUT2D eigenvalue weighted by Gasteiger charge is -2.37. The number of thiophene rings is 1. The smallest absolute Gasteiger partial charge is 0.264 e. The molecule has 2 unspecified atom stereocenters. The van der Waals surface area contributed by atoms with Crippen LogP contribution in [-0.2, 0) is 19.9 Å². The summed E-state index contributed by atoms with van der Waals surface area (Å²) in [6.07, 6.45) is 4.69. The molecule has 10 nitrogen and oxygen atoms in total. The molecule has 0 radical (unpaired) electrons. The number of carbonyl (C=O) groups is 3. The summed E-state index contributed by atoms with van der Waals surface area (Å²) in [7, 11) is 0. The van der Waals surface area contributed by atoms with Crippen LogP contribution in [0.25, 0.3) is 10.1 Å². The minimum Gasteiger partial charge on any atom is -0.457 e. The van der Waals surface area contributed by atoms with Gasteiger partial charge in [-0.15, -0.1) is 11.3 Å². The van der Waals surface area contributed by atoms with Crippen LogP contribution in [0.15, 0.2) is 72.3 Å². The Kier molecular flexibility index (Phi) is 8.03. The number of amides is 2. The average molecular weight is 661 g/mol. The molecule has 244 valence electrons. The highest BCUT2D eigenvalue weighted by Gasteiger charge is 2.49. The van der Waals surface area contributed by atoms with Crippen molar-refractivity contribution in [3.63, 3.8) is 0 Å². The summed E-state index contributed by atoms with van der Waals surface area (Å²) in [4.78, 5) is 42.4. The van der Waals surface area contributed by atoms with Crippen molar-refractivity contribution >= 4 is 49.7 Å². The number of para-hydroxylation sites is 1. The van der Waals surface area contributed by atoms with Gasteiger partial charge in [0.2, 0.25) is 5.91 Å². The number of nitrogens with zero attached hydrogens (tertiary/aromatic N) is 2. The number of piperidine rings is 1. The third-order valence-corrected chi connectivity index (χ3v) is 10.8. The number of hydrogen-bond donors (Lipinski definition) is 4. The number of ether oxygens (including phenoxy) is 1. The highest BCUT2D eigenvalue weighted by molar-refractivity contribution is 7.24. The van der Waals surface area contributed by atoms with Crippen molar-refractivity contribution in [1.82, 2.24) is 4.90 Å². The van der Waals surface area contributed by atoms with Crippen LogP contribution in [-0.4, -0.2) is 35.6 Å². The molecule has 1 aromatic heterocycles. The van der Waals surface area contributed by atoms with Crippen molar-refractivity contribution in [1.29, 1.82) is 5.26 Å². The lowest BCUT2D eigenvalue weighted by Crippen LogP contribution is -2.52. The molecule has 1 saturated heterocycles. The number of nitrogens with two attached hydrogens (primary N) is 3. The Morgan fingerprint density at radius 2 is 1.75 bits per heavy atom. The first-order valence-corrected chi connectivity index (χ1v) is 16.9. The van der Waals surface area contributed by atoms with Gasteiger partial charge >= 0.3 is 0 Å². The van der Waals surface area contributed by atoms with Gasteiger partial charge in [-0.2, -0.15) is 5.26 Å². The predicted octanol–water partition coefficient (Wildman–Crippen LogP) is 5.41. The molecule has 11 heteroatoms. The second-order valence-corrected chi connectivity index (χ2v) is 13.9. The van der Waals surface area contributed by atoms with Gasteiger partial charge in [-0.3, -0.25) is 14.4 Å². The Labute approximate surface area is 282 Å². The van der Waals surface area contributed by atoms with E-state index in [2.05, 4.69) is 5.32 Å². The summed E-state index contributed by atoms with van der Waals surface area (Å²) in [6, 6.07) is 19.3. The number of Topliss-reactive ketones (excluding diaryl/α,β-unsaturated/α-hetero) is 1. The van der Waals surface area contributed by atoms with Gasteiger partial charge in [0.15, 0.2) is 5.78 Å². The fraction of sp³-hybridized carbons (Fsp3) is 0.297. The zero-order valence-corrected chi connectivity index (χ0v) is 27.3. The quantitative estimate of drug-likeness (QED) is 0.116. The van der Waals surface area contributed by atoms with Crippen molar-refractivity contribution in [2.75, 3.05) is 24.1 Å². The van der Waals surface area contributed by atoms with Gasteiger partial charge in [-0.25, -0.2) is 0 Å². The zero-order chi connectivity index (χ0) is 33.7. The number of nitriles is 1. The standard InChI is InChI=1S/C37H36N6O4S/c1-20-17-25(47-24-5-3-2-4-6-24)9-10-26(20)37(41)27-11-12-28(39)32-29(27)30(31(40)33(37)44)35(48-32)42-34(45)22-13-15-43(16-14-22)36(46)23(19-38)18-21-7-8-21/h2-6,9-12,17-18,21-22,31H,7-8,13-16,39-41H2,1H3,(H,42,45)/b23-18+. The number of allylic oxidation sites excluding steroid dienone is 1. The van der Waals surface area contributed by atoms with Gasteiger partial charge < -0.3 is 32.2 Å². The molecule has 2 fully saturated rings. The minimum atomic E-state index is -1.56. The van der Waals surface area contributed by atoms with Gasteiger partial charge in [0.05, 0.1) is 10.7 Å². The minimum absolute atomic E-state index is 0.180. The third kappa shape index (κ3) is 5.42. The van der Waals surface area contributed by atoms with E-state index in [4.69, 9.17) is 21.9 Å². The largest absolute Gasteiger partial charge is 0.457 e. The molecule has 1 saturated carbocycles. The molecule has 2 amide bonds. The Balaban J connectivity index is 1.16. The predicted molar refractivity (Wildman–Crippen MR) is 185 cm³/mol. The number of benzene rings is 3. The molecule has 0 spiro atoms. The van der Waals surface area contributed by atoms with Gasteiger partial charge in [0.1, 0.15) is 33.7 Å². The monoisotopic (exact) mass is 660 g/mol. The van der Waals surface area contributed by atoms with Gasteiger partial charge in [0.25, 0.3) is 5.91 Å². The van der Waals surface area contributed by atoms with Crippen LogP contribution in [0.3, 0.4) is 0 Å². The Hall–Kier alpha value is -5.02. The van der Waals surface area contributed by atoms with Crippen LogP contribution < -0.4 is 27.3 Å².